The maximum Gasteiger partial charge on any atom is 0.508 e. The molecular weight excluding hydrogens is 356 g/mol. The Bertz CT molecular complexity index is 652. The topological polar surface area (TPSA) is 172 Å². The summed E-state index contributed by atoms with van der Waals surface area (Å²) in [5.41, 5.74) is 0. The molecule has 12 nitrogen and oxygen atoms in total. The SMILES string of the molecule is O=C1OCC(COC(=O)C(C(=O)CC2COC(=O)O2)S(=O)(=O)[O-])O1. The van der Waals surface area contributed by atoms with Gasteiger partial charge in [0.15, 0.2) is 11.9 Å². The van der Waals surface area contributed by atoms with Gasteiger partial charge in [0.2, 0.25) is 5.25 Å². The minimum absolute atomic E-state index is 0.232. The minimum atomic E-state index is -5.37. The van der Waals surface area contributed by atoms with E-state index in [1.807, 2.05) is 0 Å². The summed E-state index contributed by atoms with van der Waals surface area (Å²) in [6.45, 7) is -1.14. The van der Waals surface area contributed by atoms with E-state index < -0.39 is 64.7 Å². The van der Waals surface area contributed by atoms with Crippen LogP contribution in [0.2, 0.25) is 0 Å². The molecule has 2 rings (SSSR count). The number of carbonyl (C=O) groups is 4. The summed E-state index contributed by atoms with van der Waals surface area (Å²) in [7, 11) is -5.37. The first-order valence-electron chi connectivity index (χ1n) is 6.47. The van der Waals surface area contributed by atoms with E-state index in [9.17, 15) is 32.1 Å². The lowest BCUT2D eigenvalue weighted by Gasteiger charge is -2.19. The summed E-state index contributed by atoms with van der Waals surface area (Å²) in [4.78, 5) is 45.1. The zero-order valence-electron chi connectivity index (χ0n) is 11.9. The highest BCUT2D eigenvalue weighted by Crippen LogP contribution is 2.15. The Hall–Kier alpha value is -2.41. The van der Waals surface area contributed by atoms with Crippen LogP contribution in [0.25, 0.3) is 0 Å². The first-order chi connectivity index (χ1) is 11.2. The number of ether oxygens (including phenoxy) is 5. The zero-order chi connectivity index (χ0) is 17.9. The van der Waals surface area contributed by atoms with Crippen LogP contribution in [0.4, 0.5) is 9.59 Å². The van der Waals surface area contributed by atoms with Gasteiger partial charge in [-0.15, -0.1) is 0 Å². The molecule has 24 heavy (non-hydrogen) atoms. The van der Waals surface area contributed by atoms with Crippen molar-refractivity contribution < 1.29 is 55.8 Å². The van der Waals surface area contributed by atoms with E-state index in [0.29, 0.717) is 0 Å². The summed E-state index contributed by atoms with van der Waals surface area (Å²) < 4.78 is 55.9. The van der Waals surface area contributed by atoms with Gasteiger partial charge in [0, 0.05) is 6.42 Å². The van der Waals surface area contributed by atoms with Crippen LogP contribution in [0, 0.1) is 0 Å². The summed E-state index contributed by atoms with van der Waals surface area (Å²) in [6, 6.07) is 0. The summed E-state index contributed by atoms with van der Waals surface area (Å²) in [6.07, 6.45) is -4.85. The van der Waals surface area contributed by atoms with Crippen LogP contribution < -0.4 is 0 Å². The highest BCUT2D eigenvalue weighted by Gasteiger charge is 2.39. The van der Waals surface area contributed by atoms with Crippen molar-refractivity contribution in [2.75, 3.05) is 19.8 Å². The van der Waals surface area contributed by atoms with E-state index >= 15 is 0 Å². The van der Waals surface area contributed by atoms with Crippen molar-refractivity contribution in [1.82, 2.24) is 0 Å². The fourth-order valence-electron chi connectivity index (χ4n) is 1.91. The summed E-state index contributed by atoms with van der Waals surface area (Å²) in [5.74, 6) is -2.93. The van der Waals surface area contributed by atoms with Crippen LogP contribution in [-0.4, -0.2) is 74.3 Å². The Kier molecular flexibility index (Phi) is 5.23. The van der Waals surface area contributed by atoms with Crippen molar-refractivity contribution in [2.45, 2.75) is 23.9 Å². The van der Waals surface area contributed by atoms with Crippen molar-refractivity contribution in [2.24, 2.45) is 0 Å². The molecule has 3 unspecified atom stereocenters. The third-order valence-electron chi connectivity index (χ3n) is 2.94. The molecule has 13 heteroatoms. The lowest BCUT2D eigenvalue weighted by molar-refractivity contribution is -0.148. The Morgan fingerprint density at radius 3 is 2.12 bits per heavy atom. The van der Waals surface area contributed by atoms with Crippen LogP contribution in [-0.2, 0) is 43.4 Å². The van der Waals surface area contributed by atoms with Crippen molar-refractivity contribution >= 4 is 34.2 Å². The average Bonchev–Trinajstić information content (AvgIpc) is 3.03. The molecule has 2 aliphatic rings. The van der Waals surface area contributed by atoms with E-state index in [-0.39, 0.29) is 13.2 Å². The van der Waals surface area contributed by atoms with Gasteiger partial charge in [-0.1, -0.05) is 0 Å². The number of rotatable bonds is 7. The fraction of sp³-hybridized carbons (Fsp3) is 0.636. The smallest absolute Gasteiger partial charge is 0.508 e. The molecule has 0 aromatic rings. The highest BCUT2D eigenvalue weighted by molar-refractivity contribution is 7.88. The number of Topliss-reactive ketones (excluding diaryl/α,β-unsaturated/α-hetero) is 1. The van der Waals surface area contributed by atoms with Crippen LogP contribution in [0.15, 0.2) is 0 Å². The van der Waals surface area contributed by atoms with Gasteiger partial charge in [-0.05, 0) is 0 Å². The second-order valence-electron chi connectivity index (χ2n) is 4.78. The molecule has 0 radical (unpaired) electrons. The molecule has 0 saturated carbocycles. The number of hydrogen-bond donors (Lipinski definition) is 0. The molecule has 3 atom stereocenters. The predicted molar refractivity (Wildman–Crippen MR) is 66.5 cm³/mol. The molecule has 2 aliphatic heterocycles. The Balaban J connectivity index is 1.96. The first-order valence-corrected chi connectivity index (χ1v) is 7.95. The Morgan fingerprint density at radius 1 is 1.12 bits per heavy atom. The van der Waals surface area contributed by atoms with Crippen molar-refractivity contribution in [1.29, 1.82) is 0 Å². The van der Waals surface area contributed by atoms with Gasteiger partial charge in [-0.25, -0.2) is 18.0 Å². The number of cyclic esters (lactones) is 4. The average molecular weight is 367 g/mol. The summed E-state index contributed by atoms with van der Waals surface area (Å²) >= 11 is 0. The maximum absolute atomic E-state index is 11.9. The molecule has 2 heterocycles. The first kappa shape index (κ1) is 17.9. The second-order valence-corrected chi connectivity index (χ2v) is 6.23. The van der Waals surface area contributed by atoms with Crippen molar-refractivity contribution in [3.8, 4) is 0 Å². The van der Waals surface area contributed by atoms with Crippen LogP contribution in [0.3, 0.4) is 0 Å². The van der Waals surface area contributed by atoms with Crippen LogP contribution in [0.1, 0.15) is 6.42 Å². The minimum Gasteiger partial charge on any atom is -0.747 e. The van der Waals surface area contributed by atoms with Gasteiger partial charge in [0.1, 0.15) is 36.0 Å². The van der Waals surface area contributed by atoms with Crippen molar-refractivity contribution in [3.63, 3.8) is 0 Å². The summed E-state index contributed by atoms with van der Waals surface area (Å²) in [5, 5.41) is -2.63. The van der Waals surface area contributed by atoms with E-state index in [4.69, 9.17) is 0 Å². The van der Waals surface area contributed by atoms with Gasteiger partial charge in [0.25, 0.3) is 0 Å². The molecule has 0 aromatic carbocycles. The Morgan fingerprint density at radius 2 is 1.67 bits per heavy atom. The fourth-order valence-corrected chi connectivity index (χ4v) is 2.63. The van der Waals surface area contributed by atoms with Crippen molar-refractivity contribution in [3.05, 3.63) is 0 Å². The molecular formula is C11H11O12S-. The number of carbonyl (C=O) groups excluding carboxylic acids is 4. The zero-order valence-corrected chi connectivity index (χ0v) is 12.7. The van der Waals surface area contributed by atoms with Gasteiger partial charge >= 0.3 is 18.3 Å². The highest BCUT2D eigenvalue weighted by atomic mass is 32.2. The van der Waals surface area contributed by atoms with E-state index in [0.717, 1.165) is 0 Å². The second kappa shape index (κ2) is 7.00. The molecule has 0 amide bonds. The van der Waals surface area contributed by atoms with Crippen LogP contribution >= 0.6 is 0 Å². The number of esters is 1. The van der Waals surface area contributed by atoms with Crippen LogP contribution in [0.5, 0.6) is 0 Å². The number of hydrogen-bond acceptors (Lipinski definition) is 12. The molecule has 0 aromatic heterocycles. The van der Waals surface area contributed by atoms with Gasteiger partial charge in [0.05, 0.1) is 0 Å². The van der Waals surface area contributed by atoms with Gasteiger partial charge in [-0.3, -0.25) is 9.59 Å². The largest absolute Gasteiger partial charge is 0.747 e. The standard InChI is InChI=1S/C11H12O12S/c12-7(1-5-2-20-10(14)22-5)8(24(16,17)18)9(13)19-3-6-4-21-11(15)23-6/h5-6,8H,1-4H2,(H,16,17,18)/p-1. The molecule has 0 bridgehead atoms. The lowest BCUT2D eigenvalue weighted by Crippen LogP contribution is -2.41. The predicted octanol–water partition coefficient (Wildman–Crippen LogP) is -1.53. The third-order valence-corrected chi connectivity index (χ3v) is 3.97. The van der Waals surface area contributed by atoms with E-state index in [1.165, 1.54) is 0 Å². The van der Waals surface area contributed by atoms with Gasteiger partial charge < -0.3 is 28.2 Å². The maximum atomic E-state index is 11.9. The molecule has 134 valence electrons. The van der Waals surface area contributed by atoms with E-state index in [2.05, 4.69) is 23.7 Å². The normalized spacial score (nSPS) is 24.4. The molecule has 0 spiro atoms. The molecule has 0 N–H and O–H groups in total. The van der Waals surface area contributed by atoms with Gasteiger partial charge in [-0.2, -0.15) is 0 Å². The van der Waals surface area contributed by atoms with E-state index in [1.54, 1.807) is 0 Å². The molecule has 2 fully saturated rings. The monoisotopic (exact) mass is 367 g/mol. The Labute approximate surface area is 134 Å². The third kappa shape index (κ3) is 4.55. The molecule has 0 aliphatic carbocycles. The lowest BCUT2D eigenvalue weighted by atomic mass is 10.1. The number of ketones is 1. The molecule has 2 saturated heterocycles. The quantitative estimate of drug-likeness (QED) is 0.220.